The molecule has 1 aromatic carbocycles. The van der Waals surface area contributed by atoms with Crippen molar-refractivity contribution >= 4 is 40.4 Å². The van der Waals surface area contributed by atoms with Gasteiger partial charge in [-0.25, -0.2) is 0 Å². The van der Waals surface area contributed by atoms with Gasteiger partial charge in [0.05, 0.1) is 10.7 Å². The van der Waals surface area contributed by atoms with E-state index in [9.17, 15) is 4.79 Å². The third-order valence-electron chi connectivity index (χ3n) is 2.45. The summed E-state index contributed by atoms with van der Waals surface area (Å²) in [4.78, 5) is 12.2. The van der Waals surface area contributed by atoms with E-state index in [1.54, 1.807) is 42.2 Å². The second kappa shape index (κ2) is 5.38. The van der Waals surface area contributed by atoms with Gasteiger partial charge in [0, 0.05) is 18.8 Å². The molecule has 0 unspecified atom stereocenters. The highest BCUT2D eigenvalue weighted by molar-refractivity contribution is 7.80. The number of nitrogens with zero attached hydrogens (tertiary/aromatic N) is 2. The molecule has 1 heterocycles. The van der Waals surface area contributed by atoms with Crippen LogP contribution in [-0.4, -0.2) is 20.7 Å². The molecule has 0 fully saturated rings. The first-order valence-corrected chi connectivity index (χ1v) is 6.16. The Kier molecular flexibility index (Phi) is 3.82. The molecule has 19 heavy (non-hydrogen) atoms. The SMILES string of the molecule is Cn1ccc(C(=O)Nc2ccc(C(N)=S)cc2Cl)n1. The maximum absolute atomic E-state index is 11.9. The van der Waals surface area contributed by atoms with Crippen LogP contribution < -0.4 is 11.1 Å². The second-order valence-electron chi connectivity index (χ2n) is 3.89. The van der Waals surface area contributed by atoms with Gasteiger partial charge < -0.3 is 11.1 Å². The van der Waals surface area contributed by atoms with Crippen molar-refractivity contribution in [3.8, 4) is 0 Å². The van der Waals surface area contributed by atoms with Gasteiger partial charge in [-0.05, 0) is 24.3 Å². The van der Waals surface area contributed by atoms with E-state index in [0.29, 0.717) is 22.0 Å². The molecule has 98 valence electrons. The second-order valence-corrected chi connectivity index (χ2v) is 4.73. The number of aryl methyl sites for hydroxylation is 1. The fraction of sp³-hybridized carbons (Fsp3) is 0.0833. The summed E-state index contributed by atoms with van der Waals surface area (Å²) in [5.74, 6) is -0.328. The molecule has 7 heteroatoms. The highest BCUT2D eigenvalue weighted by atomic mass is 35.5. The number of halogens is 1. The molecule has 5 nitrogen and oxygen atoms in total. The van der Waals surface area contributed by atoms with Crippen LogP contribution in [0.3, 0.4) is 0 Å². The van der Waals surface area contributed by atoms with E-state index in [0.717, 1.165) is 0 Å². The number of nitrogens with one attached hydrogen (secondary N) is 1. The highest BCUT2D eigenvalue weighted by Gasteiger charge is 2.11. The summed E-state index contributed by atoms with van der Waals surface area (Å²) in [5, 5.41) is 7.05. The van der Waals surface area contributed by atoms with Crippen LogP contribution in [0.25, 0.3) is 0 Å². The average molecular weight is 295 g/mol. The summed E-state index contributed by atoms with van der Waals surface area (Å²) in [5.41, 5.74) is 6.95. The number of aromatic nitrogens is 2. The van der Waals surface area contributed by atoms with Crippen molar-refractivity contribution in [2.75, 3.05) is 5.32 Å². The van der Waals surface area contributed by atoms with Gasteiger partial charge in [-0.2, -0.15) is 5.10 Å². The van der Waals surface area contributed by atoms with Gasteiger partial charge in [0.1, 0.15) is 4.99 Å². The Bertz CT molecular complexity index is 653. The molecule has 2 aromatic rings. The van der Waals surface area contributed by atoms with Crippen LogP contribution >= 0.6 is 23.8 Å². The lowest BCUT2D eigenvalue weighted by Gasteiger charge is -2.07. The third kappa shape index (κ3) is 3.10. The topological polar surface area (TPSA) is 72.9 Å². The Labute approximate surface area is 120 Å². The molecule has 0 aliphatic rings. The minimum Gasteiger partial charge on any atom is -0.389 e. The summed E-state index contributed by atoms with van der Waals surface area (Å²) >= 11 is 10.9. The van der Waals surface area contributed by atoms with Crippen LogP contribution in [0.4, 0.5) is 5.69 Å². The molecule has 0 aliphatic heterocycles. The van der Waals surface area contributed by atoms with Crippen LogP contribution in [0, 0.1) is 0 Å². The number of carbonyl (C=O) groups excluding carboxylic acids is 1. The molecule has 0 spiro atoms. The Morgan fingerprint density at radius 3 is 2.74 bits per heavy atom. The van der Waals surface area contributed by atoms with Crippen LogP contribution in [0.2, 0.25) is 5.02 Å². The number of benzene rings is 1. The van der Waals surface area contributed by atoms with E-state index in [1.807, 2.05) is 0 Å². The van der Waals surface area contributed by atoms with Gasteiger partial charge in [-0.15, -0.1) is 0 Å². The molecule has 0 aliphatic carbocycles. The Hall–Kier alpha value is -1.92. The zero-order valence-corrected chi connectivity index (χ0v) is 11.6. The molecule has 0 saturated heterocycles. The highest BCUT2D eigenvalue weighted by Crippen LogP contribution is 2.23. The smallest absolute Gasteiger partial charge is 0.276 e. The van der Waals surface area contributed by atoms with E-state index >= 15 is 0 Å². The third-order valence-corrected chi connectivity index (χ3v) is 3.00. The van der Waals surface area contributed by atoms with Crippen molar-refractivity contribution in [2.45, 2.75) is 0 Å². The quantitative estimate of drug-likeness (QED) is 0.849. The predicted molar refractivity (Wildman–Crippen MR) is 78.5 cm³/mol. The minimum absolute atomic E-state index is 0.254. The largest absolute Gasteiger partial charge is 0.389 e. The summed E-state index contributed by atoms with van der Waals surface area (Å²) in [7, 11) is 1.74. The number of thiocarbonyl (C=S) groups is 1. The molecule has 2 rings (SSSR count). The average Bonchev–Trinajstić information content (AvgIpc) is 2.78. The van der Waals surface area contributed by atoms with Crippen molar-refractivity contribution in [2.24, 2.45) is 12.8 Å². The first-order valence-electron chi connectivity index (χ1n) is 5.37. The van der Waals surface area contributed by atoms with E-state index in [4.69, 9.17) is 29.6 Å². The normalized spacial score (nSPS) is 10.2. The minimum atomic E-state index is -0.328. The molecule has 1 aromatic heterocycles. The molecule has 3 N–H and O–H groups in total. The van der Waals surface area contributed by atoms with Gasteiger partial charge in [-0.1, -0.05) is 23.8 Å². The predicted octanol–water partition coefficient (Wildman–Crippen LogP) is 1.96. The van der Waals surface area contributed by atoms with Gasteiger partial charge >= 0.3 is 0 Å². The fourth-order valence-electron chi connectivity index (χ4n) is 1.49. The summed E-state index contributed by atoms with van der Waals surface area (Å²) in [6, 6.07) is 6.57. The molecule has 0 radical (unpaired) electrons. The molecule has 0 saturated carbocycles. The first-order chi connectivity index (χ1) is 8.97. The Morgan fingerprint density at radius 1 is 1.47 bits per heavy atom. The number of rotatable bonds is 3. The standard InChI is InChI=1S/C12H11ClN4OS/c1-17-5-4-10(16-17)12(18)15-9-3-2-7(11(14)19)6-8(9)13/h2-6H,1H3,(H2,14,19)(H,15,18). The zero-order chi connectivity index (χ0) is 14.0. The van der Waals surface area contributed by atoms with Gasteiger partial charge in [0.2, 0.25) is 0 Å². The van der Waals surface area contributed by atoms with Gasteiger partial charge in [-0.3, -0.25) is 9.48 Å². The number of amides is 1. The van der Waals surface area contributed by atoms with Crippen molar-refractivity contribution < 1.29 is 4.79 Å². The molecule has 0 atom stereocenters. The maximum Gasteiger partial charge on any atom is 0.276 e. The van der Waals surface area contributed by atoms with Gasteiger partial charge in [0.15, 0.2) is 5.69 Å². The number of anilines is 1. The molecular weight excluding hydrogens is 284 g/mol. The molecular formula is C12H11ClN4OS. The monoisotopic (exact) mass is 294 g/mol. The van der Waals surface area contributed by atoms with Crippen LogP contribution in [0.15, 0.2) is 30.5 Å². The van der Waals surface area contributed by atoms with E-state index < -0.39 is 0 Å². The Balaban J connectivity index is 2.20. The lowest BCUT2D eigenvalue weighted by Crippen LogP contribution is -2.14. The van der Waals surface area contributed by atoms with Crippen molar-refractivity contribution in [1.82, 2.24) is 9.78 Å². The zero-order valence-electron chi connectivity index (χ0n) is 10.1. The summed E-state index contributed by atoms with van der Waals surface area (Å²) in [6.45, 7) is 0. The van der Waals surface area contributed by atoms with Gasteiger partial charge in [0.25, 0.3) is 5.91 Å². The number of hydrogen-bond donors (Lipinski definition) is 2. The molecule has 0 bridgehead atoms. The number of nitrogens with two attached hydrogens (primary N) is 1. The lowest BCUT2D eigenvalue weighted by molar-refractivity contribution is 0.102. The van der Waals surface area contributed by atoms with Crippen molar-refractivity contribution in [1.29, 1.82) is 0 Å². The van der Waals surface area contributed by atoms with Crippen LogP contribution in [-0.2, 0) is 7.05 Å². The number of hydrogen-bond acceptors (Lipinski definition) is 3. The van der Waals surface area contributed by atoms with E-state index in [1.165, 1.54) is 0 Å². The van der Waals surface area contributed by atoms with Crippen LogP contribution in [0.1, 0.15) is 16.1 Å². The lowest BCUT2D eigenvalue weighted by atomic mass is 10.2. The summed E-state index contributed by atoms with van der Waals surface area (Å²) < 4.78 is 1.55. The molecule has 1 amide bonds. The van der Waals surface area contributed by atoms with E-state index in [2.05, 4.69) is 10.4 Å². The number of carbonyl (C=O) groups is 1. The van der Waals surface area contributed by atoms with Crippen molar-refractivity contribution in [3.63, 3.8) is 0 Å². The van der Waals surface area contributed by atoms with Crippen LogP contribution in [0.5, 0.6) is 0 Å². The summed E-state index contributed by atoms with van der Waals surface area (Å²) in [6.07, 6.45) is 1.69. The Morgan fingerprint density at radius 2 is 2.21 bits per heavy atom. The maximum atomic E-state index is 11.9. The van der Waals surface area contributed by atoms with Crippen molar-refractivity contribution in [3.05, 3.63) is 46.7 Å². The fourth-order valence-corrected chi connectivity index (χ4v) is 1.85. The first kappa shape index (κ1) is 13.5. The van der Waals surface area contributed by atoms with E-state index in [-0.39, 0.29) is 10.9 Å².